The molecule has 258 valence electrons. The SMILES string of the molecule is c1cc(-c2cccc3sc4ccccc4c23)cc(N(c2ccc(-c3ccc4ccccc4c3)cc2)c2ccc(-c3ccc4oc5ccccc5c4c3)cc2)c1. The van der Waals surface area contributed by atoms with Crippen LogP contribution in [0.4, 0.5) is 17.1 Å². The van der Waals surface area contributed by atoms with Crippen molar-refractivity contribution in [2.75, 3.05) is 4.90 Å². The molecule has 2 nitrogen and oxygen atoms in total. The third kappa shape index (κ3) is 5.48. The number of nitrogens with zero attached hydrogens (tertiary/aromatic N) is 1. The van der Waals surface area contributed by atoms with E-state index < -0.39 is 0 Å². The van der Waals surface area contributed by atoms with Gasteiger partial charge in [-0.15, -0.1) is 11.3 Å². The standard InChI is InChI=1S/C52H33NOS/c1-2-10-37-31-38(20-19-34(37)9-1)35-21-26-41(27-22-35)53(42-28-23-36(24-29-42)39-25-30-49-47(33-39)45-13-3-5-16-48(45)54-49)43-12-7-11-40(32-43)44-15-8-18-51-52(44)46-14-4-6-17-50(46)55-51/h1-33H. The normalized spacial score (nSPS) is 11.6. The Kier molecular flexibility index (Phi) is 7.39. The zero-order chi connectivity index (χ0) is 36.3. The first-order valence-electron chi connectivity index (χ1n) is 18.7. The highest BCUT2D eigenvalue weighted by Gasteiger charge is 2.17. The first-order valence-corrected chi connectivity index (χ1v) is 19.5. The van der Waals surface area contributed by atoms with Crippen LogP contribution in [0.5, 0.6) is 0 Å². The Morgan fingerprint density at radius 3 is 1.78 bits per heavy atom. The molecular formula is C52H33NOS. The summed E-state index contributed by atoms with van der Waals surface area (Å²) in [4.78, 5) is 2.37. The second kappa shape index (κ2) is 12.9. The van der Waals surface area contributed by atoms with Crippen LogP contribution in [0.1, 0.15) is 0 Å². The number of para-hydroxylation sites is 1. The molecule has 0 bridgehead atoms. The maximum atomic E-state index is 6.12. The van der Waals surface area contributed by atoms with Crippen LogP contribution < -0.4 is 4.90 Å². The molecule has 0 aliphatic heterocycles. The molecule has 3 heteroatoms. The molecule has 55 heavy (non-hydrogen) atoms. The van der Waals surface area contributed by atoms with Crippen LogP contribution in [0.3, 0.4) is 0 Å². The average Bonchev–Trinajstić information content (AvgIpc) is 3.82. The van der Waals surface area contributed by atoms with E-state index in [0.29, 0.717) is 0 Å². The number of thiophene rings is 1. The first-order chi connectivity index (χ1) is 27.2. The largest absolute Gasteiger partial charge is 0.456 e. The minimum Gasteiger partial charge on any atom is -0.456 e. The predicted octanol–water partition coefficient (Wildman–Crippen LogP) is 15.6. The summed E-state index contributed by atoms with van der Waals surface area (Å²) in [7, 11) is 0. The minimum atomic E-state index is 0.908. The Hall–Kier alpha value is -6.94. The van der Waals surface area contributed by atoms with Crippen molar-refractivity contribution in [1.82, 2.24) is 0 Å². The highest BCUT2D eigenvalue weighted by Crippen LogP contribution is 2.43. The van der Waals surface area contributed by atoms with E-state index in [1.54, 1.807) is 0 Å². The Morgan fingerprint density at radius 1 is 0.345 bits per heavy atom. The smallest absolute Gasteiger partial charge is 0.135 e. The number of hydrogen-bond acceptors (Lipinski definition) is 3. The average molecular weight is 720 g/mol. The summed E-state index contributed by atoms with van der Waals surface area (Å²) < 4.78 is 8.74. The monoisotopic (exact) mass is 719 g/mol. The second-order valence-corrected chi connectivity index (χ2v) is 15.2. The number of furan rings is 1. The molecule has 0 aliphatic carbocycles. The lowest BCUT2D eigenvalue weighted by Crippen LogP contribution is -2.10. The van der Waals surface area contributed by atoms with Gasteiger partial charge in [0.15, 0.2) is 0 Å². The van der Waals surface area contributed by atoms with Gasteiger partial charge in [0.1, 0.15) is 11.2 Å². The minimum absolute atomic E-state index is 0.908. The third-order valence-corrected chi connectivity index (χ3v) is 12.0. The van der Waals surface area contributed by atoms with Crippen molar-refractivity contribution in [2.24, 2.45) is 0 Å². The second-order valence-electron chi connectivity index (χ2n) is 14.1. The predicted molar refractivity (Wildman–Crippen MR) is 235 cm³/mol. The van der Waals surface area contributed by atoms with Gasteiger partial charge in [-0.05, 0) is 117 Å². The summed E-state index contributed by atoms with van der Waals surface area (Å²) in [5.41, 5.74) is 12.3. The van der Waals surface area contributed by atoms with E-state index in [1.807, 2.05) is 23.5 Å². The fourth-order valence-electron chi connectivity index (χ4n) is 8.16. The van der Waals surface area contributed by atoms with E-state index in [1.165, 1.54) is 53.2 Å². The highest BCUT2D eigenvalue weighted by atomic mass is 32.1. The molecule has 0 unspecified atom stereocenters. The van der Waals surface area contributed by atoms with Crippen molar-refractivity contribution in [3.63, 3.8) is 0 Å². The van der Waals surface area contributed by atoms with Gasteiger partial charge in [-0.2, -0.15) is 0 Å². The van der Waals surface area contributed by atoms with E-state index in [2.05, 4.69) is 193 Å². The lowest BCUT2D eigenvalue weighted by molar-refractivity contribution is 0.669. The summed E-state index contributed by atoms with van der Waals surface area (Å²) in [6.45, 7) is 0. The van der Waals surface area contributed by atoms with Gasteiger partial charge >= 0.3 is 0 Å². The van der Waals surface area contributed by atoms with Crippen LogP contribution in [-0.4, -0.2) is 0 Å². The molecule has 0 radical (unpaired) electrons. The van der Waals surface area contributed by atoms with E-state index in [4.69, 9.17) is 4.42 Å². The Bertz CT molecular complexity index is 3210. The van der Waals surface area contributed by atoms with E-state index in [9.17, 15) is 0 Å². The lowest BCUT2D eigenvalue weighted by atomic mass is 9.98. The first kappa shape index (κ1) is 31.6. The number of anilines is 3. The molecular weight excluding hydrogens is 687 g/mol. The van der Waals surface area contributed by atoms with Crippen molar-refractivity contribution in [3.05, 3.63) is 200 Å². The Balaban J connectivity index is 1.02. The molecule has 0 saturated carbocycles. The summed E-state index contributed by atoms with van der Waals surface area (Å²) >= 11 is 1.86. The molecule has 11 rings (SSSR count). The summed E-state index contributed by atoms with van der Waals surface area (Å²) in [5.74, 6) is 0. The van der Waals surface area contributed by atoms with E-state index in [-0.39, 0.29) is 0 Å². The van der Waals surface area contributed by atoms with Crippen molar-refractivity contribution in [1.29, 1.82) is 0 Å². The molecule has 0 saturated heterocycles. The van der Waals surface area contributed by atoms with Crippen LogP contribution in [0, 0.1) is 0 Å². The summed E-state index contributed by atoms with van der Waals surface area (Å²) in [6.07, 6.45) is 0. The quantitative estimate of drug-likeness (QED) is 0.170. The van der Waals surface area contributed by atoms with Crippen LogP contribution in [-0.2, 0) is 0 Å². The van der Waals surface area contributed by atoms with Crippen molar-refractivity contribution >= 4 is 81.3 Å². The van der Waals surface area contributed by atoms with Gasteiger partial charge < -0.3 is 9.32 Å². The molecule has 2 heterocycles. The van der Waals surface area contributed by atoms with Crippen molar-refractivity contribution < 1.29 is 4.42 Å². The number of benzene rings is 9. The molecule has 0 amide bonds. The van der Waals surface area contributed by atoms with Crippen LogP contribution in [0.25, 0.3) is 86.3 Å². The molecule has 0 fully saturated rings. The lowest BCUT2D eigenvalue weighted by Gasteiger charge is -2.26. The fraction of sp³-hybridized carbons (Fsp3) is 0. The van der Waals surface area contributed by atoms with Crippen molar-refractivity contribution in [2.45, 2.75) is 0 Å². The molecule has 11 aromatic rings. The third-order valence-electron chi connectivity index (χ3n) is 10.9. The molecule has 0 aliphatic rings. The maximum Gasteiger partial charge on any atom is 0.135 e. The Labute approximate surface area is 322 Å². The molecule has 9 aromatic carbocycles. The number of fused-ring (bicyclic) bond motifs is 7. The Morgan fingerprint density at radius 2 is 0.964 bits per heavy atom. The van der Waals surface area contributed by atoms with Crippen LogP contribution in [0.2, 0.25) is 0 Å². The maximum absolute atomic E-state index is 6.12. The zero-order valence-electron chi connectivity index (χ0n) is 29.8. The van der Waals surface area contributed by atoms with Gasteiger partial charge in [-0.1, -0.05) is 127 Å². The van der Waals surface area contributed by atoms with Gasteiger partial charge in [-0.3, -0.25) is 0 Å². The fourth-order valence-corrected chi connectivity index (χ4v) is 9.29. The van der Waals surface area contributed by atoms with Crippen molar-refractivity contribution in [3.8, 4) is 33.4 Å². The number of hydrogen-bond donors (Lipinski definition) is 0. The summed E-state index contributed by atoms with van der Waals surface area (Å²) in [5, 5.41) is 7.40. The molecule has 0 N–H and O–H groups in total. The molecule has 0 atom stereocenters. The molecule has 2 aromatic heterocycles. The van der Waals surface area contributed by atoms with Gasteiger partial charge in [0, 0.05) is 48.0 Å². The van der Waals surface area contributed by atoms with Gasteiger partial charge in [0.25, 0.3) is 0 Å². The van der Waals surface area contributed by atoms with Gasteiger partial charge in [0.2, 0.25) is 0 Å². The van der Waals surface area contributed by atoms with Crippen LogP contribution >= 0.6 is 11.3 Å². The van der Waals surface area contributed by atoms with Crippen LogP contribution in [0.15, 0.2) is 205 Å². The number of rotatable bonds is 6. The zero-order valence-corrected chi connectivity index (χ0v) is 30.6. The van der Waals surface area contributed by atoms with Gasteiger partial charge in [-0.25, -0.2) is 0 Å². The molecule has 0 spiro atoms. The van der Waals surface area contributed by atoms with E-state index >= 15 is 0 Å². The summed E-state index contributed by atoms with van der Waals surface area (Å²) in [6, 6.07) is 72.3. The van der Waals surface area contributed by atoms with E-state index in [0.717, 1.165) is 50.1 Å². The highest BCUT2D eigenvalue weighted by molar-refractivity contribution is 7.25. The topological polar surface area (TPSA) is 16.4 Å². The van der Waals surface area contributed by atoms with Gasteiger partial charge in [0.05, 0.1) is 0 Å².